The molecule has 1 heterocycles. The highest BCUT2D eigenvalue weighted by molar-refractivity contribution is 5.75. The summed E-state index contributed by atoms with van der Waals surface area (Å²) in [7, 11) is 1.60. The van der Waals surface area contributed by atoms with Crippen LogP contribution in [0.25, 0.3) is 0 Å². The third-order valence-corrected chi connectivity index (χ3v) is 3.79. The number of urea groups is 1. The van der Waals surface area contributed by atoms with E-state index in [4.69, 9.17) is 9.84 Å². The Morgan fingerprint density at radius 3 is 2.77 bits per heavy atom. The lowest BCUT2D eigenvalue weighted by Crippen LogP contribution is -2.46. The van der Waals surface area contributed by atoms with Gasteiger partial charge in [0.2, 0.25) is 0 Å². The summed E-state index contributed by atoms with van der Waals surface area (Å²) >= 11 is 0. The maximum Gasteiger partial charge on any atom is 0.317 e. The van der Waals surface area contributed by atoms with Gasteiger partial charge >= 0.3 is 12.0 Å². The Hall–Kier alpha value is -2.08. The van der Waals surface area contributed by atoms with E-state index in [0.717, 1.165) is 18.4 Å². The number of ether oxygens (including phenoxy) is 1. The average molecular weight is 306 g/mol. The van der Waals surface area contributed by atoms with Crippen molar-refractivity contribution in [2.24, 2.45) is 0 Å². The smallest absolute Gasteiger partial charge is 0.317 e. The number of nitrogens with one attached hydrogen (secondary N) is 1. The molecule has 2 unspecified atom stereocenters. The van der Waals surface area contributed by atoms with E-state index in [2.05, 4.69) is 5.32 Å². The maximum absolute atomic E-state index is 12.0. The van der Waals surface area contributed by atoms with E-state index < -0.39 is 5.97 Å². The van der Waals surface area contributed by atoms with Crippen LogP contribution in [0, 0.1) is 0 Å². The first-order valence-electron chi connectivity index (χ1n) is 7.46. The summed E-state index contributed by atoms with van der Waals surface area (Å²) in [4.78, 5) is 24.0. The van der Waals surface area contributed by atoms with E-state index in [0.29, 0.717) is 6.61 Å². The molecule has 0 spiro atoms. The number of carbonyl (C=O) groups is 2. The first-order chi connectivity index (χ1) is 10.6. The fourth-order valence-corrected chi connectivity index (χ4v) is 2.48. The fraction of sp³-hybridized carbons (Fsp3) is 0.500. The van der Waals surface area contributed by atoms with Crippen LogP contribution in [-0.2, 0) is 9.53 Å². The second kappa shape index (κ2) is 7.79. The molecule has 6 nitrogen and oxygen atoms in total. The third kappa shape index (κ3) is 4.73. The lowest BCUT2D eigenvalue weighted by molar-refractivity contribution is -0.137. The SMILES string of the molecule is CN(CCC(=O)O)C(=O)NC1CCOC(c2ccccc2)C1. The Kier molecular flexibility index (Phi) is 5.77. The zero-order valence-corrected chi connectivity index (χ0v) is 12.7. The Morgan fingerprint density at radius 2 is 2.09 bits per heavy atom. The molecule has 22 heavy (non-hydrogen) atoms. The molecule has 0 aliphatic carbocycles. The number of carboxylic acids is 1. The highest BCUT2D eigenvalue weighted by Crippen LogP contribution is 2.27. The molecular formula is C16H22N2O4. The van der Waals surface area contributed by atoms with Gasteiger partial charge in [0.1, 0.15) is 0 Å². The molecule has 2 amide bonds. The first-order valence-corrected chi connectivity index (χ1v) is 7.46. The standard InChI is InChI=1S/C16H22N2O4/c1-18(9-7-15(19)20)16(21)17-13-8-10-22-14(11-13)12-5-3-2-4-6-12/h2-6,13-14H,7-11H2,1H3,(H,17,21)(H,19,20). The Balaban J connectivity index is 1.85. The van der Waals surface area contributed by atoms with Gasteiger partial charge in [0.15, 0.2) is 0 Å². The molecule has 0 aromatic heterocycles. The number of amides is 2. The van der Waals surface area contributed by atoms with Crippen LogP contribution in [0.5, 0.6) is 0 Å². The monoisotopic (exact) mass is 306 g/mol. The quantitative estimate of drug-likeness (QED) is 0.872. The number of aliphatic carboxylic acids is 1. The predicted molar refractivity (Wildman–Crippen MR) is 81.6 cm³/mol. The molecule has 1 aromatic carbocycles. The van der Waals surface area contributed by atoms with E-state index in [1.807, 2.05) is 30.3 Å². The summed E-state index contributed by atoms with van der Waals surface area (Å²) in [5.41, 5.74) is 1.11. The summed E-state index contributed by atoms with van der Waals surface area (Å²) in [6.45, 7) is 0.801. The van der Waals surface area contributed by atoms with Crippen molar-refractivity contribution in [3.63, 3.8) is 0 Å². The van der Waals surface area contributed by atoms with Gasteiger partial charge in [0.05, 0.1) is 12.5 Å². The summed E-state index contributed by atoms with van der Waals surface area (Å²) in [5, 5.41) is 11.6. The van der Waals surface area contributed by atoms with Crippen molar-refractivity contribution >= 4 is 12.0 Å². The van der Waals surface area contributed by atoms with Gasteiger partial charge in [-0.05, 0) is 18.4 Å². The molecule has 1 saturated heterocycles. The number of hydrogen-bond acceptors (Lipinski definition) is 3. The molecule has 1 aromatic rings. The number of carboxylic acid groups (broad SMARTS) is 1. The highest BCUT2D eigenvalue weighted by Gasteiger charge is 2.25. The van der Waals surface area contributed by atoms with Crippen LogP contribution >= 0.6 is 0 Å². The van der Waals surface area contributed by atoms with Crippen LogP contribution in [0.3, 0.4) is 0 Å². The average Bonchev–Trinajstić information content (AvgIpc) is 2.53. The van der Waals surface area contributed by atoms with Gasteiger partial charge in [-0.2, -0.15) is 0 Å². The number of nitrogens with zero attached hydrogens (tertiary/aromatic N) is 1. The normalized spacial score (nSPS) is 21.1. The largest absolute Gasteiger partial charge is 0.481 e. The van der Waals surface area contributed by atoms with Gasteiger partial charge in [-0.25, -0.2) is 4.79 Å². The first kappa shape index (κ1) is 16.3. The molecule has 2 N–H and O–H groups in total. The van der Waals surface area contributed by atoms with Crippen molar-refractivity contribution < 1.29 is 19.4 Å². The zero-order chi connectivity index (χ0) is 15.9. The van der Waals surface area contributed by atoms with Gasteiger partial charge in [0.25, 0.3) is 0 Å². The molecule has 0 radical (unpaired) electrons. The van der Waals surface area contributed by atoms with Gasteiger partial charge < -0.3 is 20.1 Å². The van der Waals surface area contributed by atoms with Crippen LogP contribution in [0.4, 0.5) is 4.79 Å². The van der Waals surface area contributed by atoms with E-state index >= 15 is 0 Å². The Bertz CT molecular complexity index is 506. The zero-order valence-electron chi connectivity index (χ0n) is 12.7. The molecule has 2 atom stereocenters. The lowest BCUT2D eigenvalue weighted by atomic mass is 9.97. The molecule has 1 fully saturated rings. The molecule has 0 bridgehead atoms. The lowest BCUT2D eigenvalue weighted by Gasteiger charge is -2.31. The Labute approximate surface area is 130 Å². The van der Waals surface area contributed by atoms with E-state index in [1.54, 1.807) is 7.05 Å². The minimum absolute atomic E-state index is 0.00965. The maximum atomic E-state index is 12.0. The number of carbonyl (C=O) groups excluding carboxylic acids is 1. The van der Waals surface area contributed by atoms with Crippen LogP contribution in [-0.4, -0.2) is 48.2 Å². The van der Waals surface area contributed by atoms with E-state index in [-0.39, 0.29) is 31.1 Å². The molecule has 0 saturated carbocycles. The number of benzene rings is 1. The third-order valence-electron chi connectivity index (χ3n) is 3.79. The summed E-state index contributed by atoms with van der Waals surface area (Å²) in [5.74, 6) is -0.908. The highest BCUT2D eigenvalue weighted by atomic mass is 16.5. The molecular weight excluding hydrogens is 284 g/mol. The van der Waals surface area contributed by atoms with Crippen LogP contribution in [0.15, 0.2) is 30.3 Å². The van der Waals surface area contributed by atoms with Crippen molar-refractivity contribution in [1.29, 1.82) is 0 Å². The van der Waals surface area contributed by atoms with Gasteiger partial charge in [-0.1, -0.05) is 30.3 Å². The molecule has 2 rings (SSSR count). The van der Waals surface area contributed by atoms with Crippen molar-refractivity contribution in [3.05, 3.63) is 35.9 Å². The molecule has 120 valence electrons. The van der Waals surface area contributed by atoms with Crippen molar-refractivity contribution in [2.75, 3.05) is 20.2 Å². The number of hydrogen-bond donors (Lipinski definition) is 2. The van der Waals surface area contributed by atoms with E-state index in [1.165, 1.54) is 4.90 Å². The summed E-state index contributed by atoms with van der Waals surface area (Å²) in [6, 6.07) is 9.75. The van der Waals surface area contributed by atoms with Gasteiger partial charge in [0, 0.05) is 26.2 Å². The molecule has 1 aliphatic rings. The predicted octanol–water partition coefficient (Wildman–Crippen LogP) is 2.02. The van der Waals surface area contributed by atoms with Crippen molar-refractivity contribution in [1.82, 2.24) is 10.2 Å². The Morgan fingerprint density at radius 1 is 1.36 bits per heavy atom. The second-order valence-electron chi connectivity index (χ2n) is 5.51. The van der Waals surface area contributed by atoms with Gasteiger partial charge in [-0.15, -0.1) is 0 Å². The summed E-state index contributed by atoms with van der Waals surface area (Å²) in [6.07, 6.45) is 1.43. The summed E-state index contributed by atoms with van der Waals surface area (Å²) < 4.78 is 5.77. The van der Waals surface area contributed by atoms with Crippen LogP contribution in [0.1, 0.15) is 30.9 Å². The number of rotatable bonds is 5. The van der Waals surface area contributed by atoms with Crippen LogP contribution in [0.2, 0.25) is 0 Å². The van der Waals surface area contributed by atoms with E-state index in [9.17, 15) is 9.59 Å². The second-order valence-corrected chi connectivity index (χ2v) is 5.51. The molecule has 1 aliphatic heterocycles. The van der Waals surface area contributed by atoms with Crippen LogP contribution < -0.4 is 5.32 Å². The molecule has 6 heteroatoms. The topological polar surface area (TPSA) is 78.9 Å². The minimum atomic E-state index is -0.908. The fourth-order valence-electron chi connectivity index (χ4n) is 2.48. The minimum Gasteiger partial charge on any atom is -0.481 e. The van der Waals surface area contributed by atoms with Crippen molar-refractivity contribution in [2.45, 2.75) is 31.4 Å². The van der Waals surface area contributed by atoms with Crippen molar-refractivity contribution in [3.8, 4) is 0 Å². The van der Waals surface area contributed by atoms with Gasteiger partial charge in [-0.3, -0.25) is 4.79 Å².